The van der Waals surface area contributed by atoms with Crippen LogP contribution in [0.15, 0.2) is 48.5 Å². The van der Waals surface area contributed by atoms with Crippen LogP contribution in [0, 0.1) is 0 Å². The van der Waals surface area contributed by atoms with Gasteiger partial charge in [-0.2, -0.15) is 8.78 Å². The minimum Gasteiger partial charge on any atom is -0.492 e. The summed E-state index contributed by atoms with van der Waals surface area (Å²) in [5.74, 6) is 0.604. The number of anilines is 1. The van der Waals surface area contributed by atoms with Gasteiger partial charge in [-0.15, -0.1) is 0 Å². The van der Waals surface area contributed by atoms with Crippen LogP contribution in [0.1, 0.15) is 0 Å². The maximum absolute atomic E-state index is 12.1. The van der Waals surface area contributed by atoms with E-state index >= 15 is 0 Å². The van der Waals surface area contributed by atoms with E-state index in [1.807, 2.05) is 0 Å². The average molecular weight is 357 g/mol. The third-order valence-corrected chi connectivity index (χ3v) is 3.04. The van der Waals surface area contributed by atoms with Crippen LogP contribution in [-0.2, 0) is 0 Å². The molecule has 0 unspecified atom stereocenters. The molecule has 24 heavy (non-hydrogen) atoms. The third-order valence-electron chi connectivity index (χ3n) is 2.79. The number of amides is 2. The highest BCUT2D eigenvalue weighted by Crippen LogP contribution is 2.19. The lowest BCUT2D eigenvalue weighted by Gasteiger charge is -2.10. The summed E-state index contributed by atoms with van der Waals surface area (Å²) < 4.78 is 34.0. The fourth-order valence-electron chi connectivity index (χ4n) is 1.79. The van der Waals surface area contributed by atoms with Crippen LogP contribution in [0.5, 0.6) is 11.5 Å². The zero-order chi connectivity index (χ0) is 17.4. The molecule has 8 heteroatoms. The number of alkyl halides is 2. The van der Waals surface area contributed by atoms with Crippen molar-refractivity contribution in [3.8, 4) is 11.5 Å². The Labute approximate surface area is 142 Å². The van der Waals surface area contributed by atoms with Crippen molar-refractivity contribution in [3.63, 3.8) is 0 Å². The molecule has 2 aromatic rings. The van der Waals surface area contributed by atoms with E-state index in [0.717, 1.165) is 0 Å². The number of nitrogens with one attached hydrogen (secondary N) is 2. The SMILES string of the molecule is O=C(NCCOc1ccc(Cl)cc1)Nc1cccc(OC(F)F)c1. The smallest absolute Gasteiger partial charge is 0.387 e. The summed E-state index contributed by atoms with van der Waals surface area (Å²) in [5.41, 5.74) is 0.337. The number of ether oxygens (including phenoxy) is 2. The second-order valence-electron chi connectivity index (χ2n) is 4.59. The van der Waals surface area contributed by atoms with Gasteiger partial charge in [-0.1, -0.05) is 17.7 Å². The van der Waals surface area contributed by atoms with Crippen LogP contribution in [0.25, 0.3) is 0 Å². The monoisotopic (exact) mass is 356 g/mol. The van der Waals surface area contributed by atoms with E-state index in [0.29, 0.717) is 16.5 Å². The molecule has 128 valence electrons. The van der Waals surface area contributed by atoms with E-state index in [2.05, 4.69) is 15.4 Å². The van der Waals surface area contributed by atoms with E-state index < -0.39 is 12.6 Å². The Kier molecular flexibility index (Phi) is 6.62. The second kappa shape index (κ2) is 8.93. The number of rotatable bonds is 7. The van der Waals surface area contributed by atoms with Gasteiger partial charge in [0.05, 0.1) is 6.54 Å². The molecule has 0 fully saturated rings. The summed E-state index contributed by atoms with van der Waals surface area (Å²) in [5, 5.41) is 5.71. The van der Waals surface area contributed by atoms with E-state index in [9.17, 15) is 13.6 Å². The van der Waals surface area contributed by atoms with Crippen LogP contribution in [0.4, 0.5) is 19.3 Å². The Bertz CT molecular complexity index is 669. The number of benzene rings is 2. The van der Waals surface area contributed by atoms with Gasteiger partial charge in [0.25, 0.3) is 0 Å². The molecule has 2 N–H and O–H groups in total. The van der Waals surface area contributed by atoms with E-state index in [1.165, 1.54) is 18.2 Å². The first kappa shape index (κ1) is 17.8. The summed E-state index contributed by atoms with van der Waals surface area (Å²) >= 11 is 5.76. The number of urea groups is 1. The highest BCUT2D eigenvalue weighted by atomic mass is 35.5. The molecule has 0 saturated heterocycles. The first-order chi connectivity index (χ1) is 11.5. The van der Waals surface area contributed by atoms with Crippen LogP contribution < -0.4 is 20.1 Å². The maximum atomic E-state index is 12.1. The Morgan fingerprint density at radius 2 is 1.88 bits per heavy atom. The zero-order valence-corrected chi connectivity index (χ0v) is 13.2. The Hall–Kier alpha value is -2.54. The van der Waals surface area contributed by atoms with E-state index in [-0.39, 0.29) is 18.9 Å². The molecule has 0 aliphatic carbocycles. The largest absolute Gasteiger partial charge is 0.492 e. The molecule has 5 nitrogen and oxygen atoms in total. The van der Waals surface area contributed by atoms with Gasteiger partial charge in [0.1, 0.15) is 18.1 Å². The van der Waals surface area contributed by atoms with Crippen LogP contribution in [0.2, 0.25) is 5.02 Å². The Morgan fingerprint density at radius 1 is 1.12 bits per heavy atom. The molecule has 0 spiro atoms. The van der Waals surface area contributed by atoms with Gasteiger partial charge >= 0.3 is 12.6 Å². The van der Waals surface area contributed by atoms with Gasteiger partial charge < -0.3 is 20.1 Å². The molecule has 2 rings (SSSR count). The third kappa shape index (κ3) is 6.29. The normalized spacial score (nSPS) is 10.3. The molecule has 0 atom stereocenters. The molecule has 0 aliphatic rings. The zero-order valence-electron chi connectivity index (χ0n) is 12.5. The standard InChI is InChI=1S/C16H15ClF2N2O3/c17-11-4-6-13(7-5-11)23-9-8-20-16(22)21-12-2-1-3-14(10-12)24-15(18)19/h1-7,10,15H,8-9H2,(H2,20,21,22). The number of carbonyl (C=O) groups excluding carboxylic acids is 1. The molecule has 2 aromatic carbocycles. The quantitative estimate of drug-likeness (QED) is 0.733. The van der Waals surface area contributed by atoms with Crippen molar-refractivity contribution in [2.24, 2.45) is 0 Å². The predicted molar refractivity (Wildman–Crippen MR) is 87.0 cm³/mol. The van der Waals surface area contributed by atoms with Crippen LogP contribution >= 0.6 is 11.6 Å². The first-order valence-electron chi connectivity index (χ1n) is 7.01. The lowest BCUT2D eigenvalue weighted by molar-refractivity contribution is -0.0497. The molecule has 0 aromatic heterocycles. The van der Waals surface area contributed by atoms with Crippen molar-refractivity contribution in [1.29, 1.82) is 0 Å². The molecular formula is C16H15ClF2N2O3. The van der Waals surface area contributed by atoms with E-state index in [4.69, 9.17) is 16.3 Å². The fraction of sp³-hybridized carbons (Fsp3) is 0.188. The van der Waals surface area contributed by atoms with Gasteiger partial charge in [-0.25, -0.2) is 4.79 Å². The molecule has 0 radical (unpaired) electrons. The second-order valence-corrected chi connectivity index (χ2v) is 5.03. The van der Waals surface area contributed by atoms with Gasteiger partial charge in [0, 0.05) is 16.8 Å². The lowest BCUT2D eigenvalue weighted by atomic mass is 10.3. The van der Waals surface area contributed by atoms with Crippen molar-refractivity contribution in [2.45, 2.75) is 6.61 Å². The maximum Gasteiger partial charge on any atom is 0.387 e. The highest BCUT2D eigenvalue weighted by molar-refractivity contribution is 6.30. The van der Waals surface area contributed by atoms with Gasteiger partial charge in [-0.3, -0.25) is 0 Å². The summed E-state index contributed by atoms with van der Waals surface area (Å²) in [6.45, 7) is -2.38. The lowest BCUT2D eigenvalue weighted by Crippen LogP contribution is -2.32. The van der Waals surface area contributed by atoms with Crippen LogP contribution in [-0.4, -0.2) is 25.8 Å². The summed E-state index contributed by atoms with van der Waals surface area (Å²) in [6.07, 6.45) is 0. The van der Waals surface area contributed by atoms with Crippen molar-refractivity contribution in [2.75, 3.05) is 18.5 Å². The molecular weight excluding hydrogens is 342 g/mol. The fourth-order valence-corrected chi connectivity index (χ4v) is 1.92. The molecule has 0 heterocycles. The summed E-state index contributed by atoms with van der Waals surface area (Å²) in [6, 6.07) is 12.1. The van der Waals surface area contributed by atoms with E-state index in [1.54, 1.807) is 30.3 Å². The minimum absolute atomic E-state index is 0.0335. The topological polar surface area (TPSA) is 59.6 Å². The first-order valence-corrected chi connectivity index (χ1v) is 7.39. The van der Waals surface area contributed by atoms with Crippen molar-refractivity contribution in [3.05, 3.63) is 53.6 Å². The number of hydrogen-bond donors (Lipinski definition) is 2. The number of hydrogen-bond acceptors (Lipinski definition) is 3. The predicted octanol–water partition coefficient (Wildman–Crippen LogP) is 4.14. The number of carbonyl (C=O) groups is 1. The van der Waals surface area contributed by atoms with Gasteiger partial charge in [0.2, 0.25) is 0 Å². The van der Waals surface area contributed by atoms with Gasteiger partial charge in [-0.05, 0) is 36.4 Å². The minimum atomic E-state index is -2.92. The summed E-state index contributed by atoms with van der Waals surface area (Å²) in [7, 11) is 0. The highest BCUT2D eigenvalue weighted by Gasteiger charge is 2.06. The van der Waals surface area contributed by atoms with Crippen molar-refractivity contribution < 1.29 is 23.0 Å². The number of halogens is 3. The van der Waals surface area contributed by atoms with Crippen LogP contribution in [0.3, 0.4) is 0 Å². The Morgan fingerprint density at radius 3 is 2.58 bits per heavy atom. The molecule has 0 aliphatic heterocycles. The molecule has 0 bridgehead atoms. The molecule has 2 amide bonds. The van der Waals surface area contributed by atoms with Gasteiger partial charge in [0.15, 0.2) is 0 Å². The molecule has 0 saturated carbocycles. The Balaban J connectivity index is 1.72. The average Bonchev–Trinajstić information content (AvgIpc) is 2.53. The van der Waals surface area contributed by atoms with Crippen molar-refractivity contribution >= 4 is 23.3 Å². The summed E-state index contributed by atoms with van der Waals surface area (Å²) in [4.78, 5) is 11.7. The van der Waals surface area contributed by atoms with Crippen molar-refractivity contribution in [1.82, 2.24) is 5.32 Å².